The quantitative estimate of drug-likeness (QED) is 0.789. The van der Waals surface area contributed by atoms with Crippen molar-refractivity contribution in [3.05, 3.63) is 0 Å². The smallest absolute Gasteiger partial charge is 0.234 e. The number of hydrogen-bond acceptors (Lipinski definition) is 2. The molecule has 1 saturated heterocycles. The highest BCUT2D eigenvalue weighted by molar-refractivity contribution is 5.78. The largest absolute Gasteiger partial charge is 0.355 e. The summed E-state index contributed by atoms with van der Waals surface area (Å²) in [6.07, 6.45) is 9.23. The minimum Gasteiger partial charge on any atom is -0.355 e. The highest BCUT2D eigenvalue weighted by Crippen LogP contribution is 2.22. The lowest BCUT2D eigenvalue weighted by atomic mass is 9.89. The Morgan fingerprint density at radius 3 is 2.44 bits per heavy atom. The fourth-order valence-electron chi connectivity index (χ4n) is 2.85. The maximum Gasteiger partial charge on any atom is 0.234 e. The van der Waals surface area contributed by atoms with Crippen molar-refractivity contribution < 1.29 is 4.79 Å². The normalized spacial score (nSPS) is 23.5. The summed E-state index contributed by atoms with van der Waals surface area (Å²) in [5, 5.41) is 3.10. The topological polar surface area (TPSA) is 32.3 Å². The van der Waals surface area contributed by atoms with E-state index in [0.29, 0.717) is 6.54 Å². The number of nitrogens with one attached hydrogen (secondary N) is 1. The van der Waals surface area contributed by atoms with E-state index in [-0.39, 0.29) is 5.91 Å². The summed E-state index contributed by atoms with van der Waals surface area (Å²) in [6.45, 7) is 3.74. The van der Waals surface area contributed by atoms with E-state index < -0.39 is 0 Å². The van der Waals surface area contributed by atoms with Crippen LogP contribution in [0.4, 0.5) is 0 Å². The average Bonchev–Trinajstić information content (AvgIpc) is 2.81. The van der Waals surface area contributed by atoms with Gasteiger partial charge in [-0.2, -0.15) is 0 Å². The summed E-state index contributed by atoms with van der Waals surface area (Å²) < 4.78 is 0. The van der Waals surface area contributed by atoms with Gasteiger partial charge in [0.05, 0.1) is 6.54 Å². The van der Waals surface area contributed by atoms with Gasteiger partial charge in [0.25, 0.3) is 0 Å². The summed E-state index contributed by atoms with van der Waals surface area (Å²) in [7, 11) is 0. The molecule has 0 radical (unpaired) electrons. The van der Waals surface area contributed by atoms with Crippen molar-refractivity contribution in [2.24, 2.45) is 5.92 Å². The molecule has 0 aromatic heterocycles. The predicted octanol–water partition coefficient (Wildman–Crippen LogP) is 1.78. The second-order valence-corrected chi connectivity index (χ2v) is 5.29. The summed E-state index contributed by atoms with van der Waals surface area (Å²) in [5.74, 6) is 0.976. The monoisotopic (exact) mass is 224 g/mol. The van der Waals surface area contributed by atoms with Crippen LogP contribution in [0.2, 0.25) is 0 Å². The molecule has 0 atom stereocenters. The summed E-state index contributed by atoms with van der Waals surface area (Å²) in [4.78, 5) is 13.9. The van der Waals surface area contributed by atoms with Crippen LogP contribution >= 0.6 is 0 Å². The van der Waals surface area contributed by atoms with E-state index in [1.54, 1.807) is 0 Å². The molecule has 2 aliphatic rings. The van der Waals surface area contributed by atoms with Crippen LogP contribution < -0.4 is 5.32 Å². The van der Waals surface area contributed by atoms with Crippen molar-refractivity contribution in [1.82, 2.24) is 10.2 Å². The van der Waals surface area contributed by atoms with Crippen molar-refractivity contribution >= 4 is 5.91 Å². The van der Waals surface area contributed by atoms with Crippen LogP contribution in [0, 0.1) is 5.92 Å². The molecule has 1 N–H and O–H groups in total. The van der Waals surface area contributed by atoms with Crippen LogP contribution in [0.5, 0.6) is 0 Å². The molecule has 0 aromatic rings. The molecular formula is C13H24N2O. The van der Waals surface area contributed by atoms with Gasteiger partial charge in [0.15, 0.2) is 0 Å². The van der Waals surface area contributed by atoms with Crippen LogP contribution in [0.15, 0.2) is 0 Å². The maximum absolute atomic E-state index is 11.7. The van der Waals surface area contributed by atoms with Gasteiger partial charge in [-0.05, 0) is 44.7 Å². The predicted molar refractivity (Wildman–Crippen MR) is 65.3 cm³/mol. The second kappa shape index (κ2) is 6.24. The van der Waals surface area contributed by atoms with Crippen LogP contribution in [0.1, 0.15) is 44.9 Å². The summed E-state index contributed by atoms with van der Waals surface area (Å²) in [5.41, 5.74) is 0. The summed E-state index contributed by atoms with van der Waals surface area (Å²) >= 11 is 0. The third-order valence-electron chi connectivity index (χ3n) is 3.88. The van der Waals surface area contributed by atoms with Crippen LogP contribution in [0.3, 0.4) is 0 Å². The fourth-order valence-corrected chi connectivity index (χ4v) is 2.85. The van der Waals surface area contributed by atoms with Crippen LogP contribution in [-0.2, 0) is 4.79 Å². The zero-order valence-electron chi connectivity index (χ0n) is 10.2. The lowest BCUT2D eigenvalue weighted by Gasteiger charge is -2.22. The zero-order valence-corrected chi connectivity index (χ0v) is 10.2. The highest BCUT2D eigenvalue weighted by Gasteiger charge is 2.17. The zero-order chi connectivity index (χ0) is 11.2. The van der Waals surface area contributed by atoms with Gasteiger partial charge in [-0.3, -0.25) is 9.69 Å². The van der Waals surface area contributed by atoms with Crippen molar-refractivity contribution in [3.8, 4) is 0 Å². The maximum atomic E-state index is 11.7. The van der Waals surface area contributed by atoms with Gasteiger partial charge in [0.2, 0.25) is 5.91 Å². The number of nitrogens with zero attached hydrogens (tertiary/aromatic N) is 1. The first-order chi connectivity index (χ1) is 7.84. The molecule has 1 heterocycles. The SMILES string of the molecule is O=C(CN1CCCC1)NCC1CCCCC1. The van der Waals surface area contributed by atoms with E-state index >= 15 is 0 Å². The molecule has 1 saturated carbocycles. The van der Waals surface area contributed by atoms with Crippen molar-refractivity contribution in [3.63, 3.8) is 0 Å². The van der Waals surface area contributed by atoms with Gasteiger partial charge >= 0.3 is 0 Å². The molecule has 0 aromatic carbocycles. The van der Waals surface area contributed by atoms with Gasteiger partial charge in [0.1, 0.15) is 0 Å². The van der Waals surface area contributed by atoms with Crippen molar-refractivity contribution in [1.29, 1.82) is 0 Å². The van der Waals surface area contributed by atoms with Gasteiger partial charge in [-0.25, -0.2) is 0 Å². The van der Waals surface area contributed by atoms with Gasteiger partial charge in [-0.1, -0.05) is 19.3 Å². The Balaban J connectivity index is 1.59. The lowest BCUT2D eigenvalue weighted by Crippen LogP contribution is -2.38. The average molecular weight is 224 g/mol. The minimum atomic E-state index is 0.229. The Morgan fingerprint density at radius 2 is 1.75 bits per heavy atom. The Morgan fingerprint density at radius 1 is 1.06 bits per heavy atom. The molecule has 0 unspecified atom stereocenters. The Bertz CT molecular complexity index is 218. The summed E-state index contributed by atoms with van der Waals surface area (Å²) in [6, 6.07) is 0. The lowest BCUT2D eigenvalue weighted by molar-refractivity contribution is -0.122. The molecule has 92 valence electrons. The Labute approximate surface area is 98.6 Å². The Hall–Kier alpha value is -0.570. The number of hydrogen-bond donors (Lipinski definition) is 1. The van der Waals surface area contributed by atoms with E-state index in [2.05, 4.69) is 10.2 Å². The molecule has 3 heteroatoms. The molecule has 3 nitrogen and oxygen atoms in total. The number of rotatable bonds is 4. The van der Waals surface area contributed by atoms with E-state index in [1.165, 1.54) is 44.9 Å². The van der Waals surface area contributed by atoms with E-state index in [1.807, 2.05) is 0 Å². The van der Waals surface area contributed by atoms with Crippen LogP contribution in [-0.4, -0.2) is 37.0 Å². The molecule has 0 bridgehead atoms. The number of carbonyl (C=O) groups excluding carboxylic acids is 1. The second-order valence-electron chi connectivity index (χ2n) is 5.29. The third-order valence-corrected chi connectivity index (χ3v) is 3.88. The molecule has 16 heavy (non-hydrogen) atoms. The molecule has 1 aliphatic heterocycles. The first-order valence-corrected chi connectivity index (χ1v) is 6.83. The highest BCUT2D eigenvalue weighted by atomic mass is 16.2. The standard InChI is InChI=1S/C13H24N2O/c16-13(11-15-8-4-5-9-15)14-10-12-6-2-1-3-7-12/h12H,1-11H2,(H,14,16). The molecule has 1 amide bonds. The first-order valence-electron chi connectivity index (χ1n) is 6.83. The molecule has 2 fully saturated rings. The van der Waals surface area contributed by atoms with Crippen LogP contribution in [0.25, 0.3) is 0 Å². The molecule has 0 spiro atoms. The van der Waals surface area contributed by atoms with Crippen molar-refractivity contribution in [2.75, 3.05) is 26.2 Å². The molecule has 1 aliphatic carbocycles. The van der Waals surface area contributed by atoms with E-state index in [4.69, 9.17) is 0 Å². The van der Waals surface area contributed by atoms with Gasteiger partial charge in [-0.15, -0.1) is 0 Å². The Kier molecular flexibility index (Phi) is 4.64. The van der Waals surface area contributed by atoms with Gasteiger partial charge in [0, 0.05) is 6.54 Å². The van der Waals surface area contributed by atoms with E-state index in [0.717, 1.165) is 25.6 Å². The minimum absolute atomic E-state index is 0.229. The molecule has 2 rings (SSSR count). The third kappa shape index (κ3) is 3.78. The van der Waals surface area contributed by atoms with Gasteiger partial charge < -0.3 is 5.32 Å². The van der Waals surface area contributed by atoms with Crippen molar-refractivity contribution in [2.45, 2.75) is 44.9 Å². The number of likely N-dealkylation sites (tertiary alicyclic amines) is 1. The van der Waals surface area contributed by atoms with E-state index in [9.17, 15) is 4.79 Å². The first kappa shape index (κ1) is 11.9. The fraction of sp³-hybridized carbons (Fsp3) is 0.923. The number of carbonyl (C=O) groups is 1. The number of amides is 1. The molecular weight excluding hydrogens is 200 g/mol.